The molecule has 1 rings (SSSR count). The maximum absolute atomic E-state index is 3.59. The normalized spacial score (nSPS) is 34.2. The molecule has 2 atom stereocenters. The molecule has 0 bridgehead atoms. The monoisotopic (exact) mass is 142 g/mol. The summed E-state index contributed by atoms with van der Waals surface area (Å²) in [7, 11) is 0. The Labute approximate surface area is 63.4 Å². The summed E-state index contributed by atoms with van der Waals surface area (Å²) in [5.41, 5.74) is 0. The molecule has 0 aromatic carbocycles. The smallest absolute Gasteiger partial charge is 0.0193 e. The van der Waals surface area contributed by atoms with E-state index in [1.807, 2.05) is 0 Å². The fourth-order valence-electron chi connectivity index (χ4n) is 1.41. The summed E-state index contributed by atoms with van der Waals surface area (Å²) in [5, 5.41) is 7.01. The zero-order chi connectivity index (χ0) is 7.40. The molecular formula is C8H18N2. The van der Waals surface area contributed by atoms with E-state index in [0.29, 0.717) is 12.1 Å². The lowest BCUT2D eigenvalue weighted by molar-refractivity contribution is 0.326. The summed E-state index contributed by atoms with van der Waals surface area (Å²) in [6.45, 7) is 6.76. The molecule has 2 N–H and O–H groups in total. The molecule has 10 heavy (non-hydrogen) atoms. The van der Waals surface area contributed by atoms with Crippen molar-refractivity contribution in [2.75, 3.05) is 13.1 Å². The highest BCUT2D eigenvalue weighted by molar-refractivity contribution is 4.81. The van der Waals surface area contributed by atoms with Crippen LogP contribution in [0.3, 0.4) is 0 Å². The van der Waals surface area contributed by atoms with Gasteiger partial charge in [0.15, 0.2) is 0 Å². The van der Waals surface area contributed by atoms with Crippen molar-refractivity contribution in [2.45, 2.75) is 38.8 Å². The van der Waals surface area contributed by atoms with E-state index in [9.17, 15) is 0 Å². The van der Waals surface area contributed by atoms with Crippen LogP contribution in [0.5, 0.6) is 0 Å². The zero-order valence-corrected chi connectivity index (χ0v) is 6.98. The molecule has 1 aliphatic heterocycles. The lowest BCUT2D eigenvalue weighted by Gasteiger charge is -2.30. The van der Waals surface area contributed by atoms with Gasteiger partial charge in [-0.3, -0.25) is 0 Å². The second-order valence-electron chi connectivity index (χ2n) is 3.04. The Morgan fingerprint density at radius 1 is 1.10 bits per heavy atom. The SMILES string of the molecule is CCC1CNCC(CC)N1. The third-order valence-corrected chi connectivity index (χ3v) is 2.24. The lowest BCUT2D eigenvalue weighted by atomic mass is 10.1. The van der Waals surface area contributed by atoms with Gasteiger partial charge in [-0.05, 0) is 12.8 Å². The lowest BCUT2D eigenvalue weighted by Crippen LogP contribution is -2.54. The van der Waals surface area contributed by atoms with E-state index >= 15 is 0 Å². The van der Waals surface area contributed by atoms with Crippen LogP contribution in [0.15, 0.2) is 0 Å². The van der Waals surface area contributed by atoms with Crippen LogP contribution in [0.2, 0.25) is 0 Å². The minimum Gasteiger partial charge on any atom is -0.314 e. The molecule has 0 saturated carbocycles. The first kappa shape index (κ1) is 8.02. The quantitative estimate of drug-likeness (QED) is 0.594. The Morgan fingerprint density at radius 3 is 2.00 bits per heavy atom. The van der Waals surface area contributed by atoms with Gasteiger partial charge >= 0.3 is 0 Å². The van der Waals surface area contributed by atoms with Crippen LogP contribution in [0, 0.1) is 0 Å². The van der Waals surface area contributed by atoms with Gasteiger partial charge in [0, 0.05) is 25.2 Å². The predicted molar refractivity (Wildman–Crippen MR) is 44.2 cm³/mol. The third kappa shape index (κ3) is 1.96. The van der Waals surface area contributed by atoms with E-state index in [1.165, 1.54) is 12.8 Å². The van der Waals surface area contributed by atoms with Crippen LogP contribution in [0.25, 0.3) is 0 Å². The number of hydrogen-bond acceptors (Lipinski definition) is 2. The first-order valence-electron chi connectivity index (χ1n) is 4.33. The molecule has 0 spiro atoms. The van der Waals surface area contributed by atoms with Gasteiger partial charge in [0.2, 0.25) is 0 Å². The Hall–Kier alpha value is -0.0800. The molecule has 2 unspecified atom stereocenters. The predicted octanol–water partition coefficient (Wildman–Crippen LogP) is 0.736. The Balaban J connectivity index is 2.25. The first-order valence-corrected chi connectivity index (χ1v) is 4.33. The average Bonchev–Trinajstić information content (AvgIpc) is 2.05. The molecule has 1 saturated heterocycles. The molecule has 1 fully saturated rings. The fourth-order valence-corrected chi connectivity index (χ4v) is 1.41. The second kappa shape index (κ2) is 3.94. The summed E-state index contributed by atoms with van der Waals surface area (Å²) < 4.78 is 0. The molecule has 2 heteroatoms. The minimum absolute atomic E-state index is 0.707. The molecule has 1 aliphatic rings. The van der Waals surface area contributed by atoms with Gasteiger partial charge in [-0.2, -0.15) is 0 Å². The van der Waals surface area contributed by atoms with E-state index in [2.05, 4.69) is 24.5 Å². The number of rotatable bonds is 2. The van der Waals surface area contributed by atoms with Crippen LogP contribution in [0.1, 0.15) is 26.7 Å². The molecule has 60 valence electrons. The second-order valence-corrected chi connectivity index (χ2v) is 3.04. The Bertz CT molecular complexity index is 83.3. The van der Waals surface area contributed by atoms with Gasteiger partial charge in [-0.15, -0.1) is 0 Å². The van der Waals surface area contributed by atoms with Gasteiger partial charge in [0.25, 0.3) is 0 Å². The molecular weight excluding hydrogens is 124 g/mol. The van der Waals surface area contributed by atoms with E-state index in [1.54, 1.807) is 0 Å². The largest absolute Gasteiger partial charge is 0.314 e. The first-order chi connectivity index (χ1) is 4.86. The van der Waals surface area contributed by atoms with Crippen molar-refractivity contribution in [3.8, 4) is 0 Å². The highest BCUT2D eigenvalue weighted by atomic mass is 15.1. The van der Waals surface area contributed by atoms with Crippen molar-refractivity contribution in [1.82, 2.24) is 10.6 Å². The van der Waals surface area contributed by atoms with Crippen LogP contribution in [0.4, 0.5) is 0 Å². The van der Waals surface area contributed by atoms with Gasteiger partial charge in [-0.1, -0.05) is 13.8 Å². The maximum atomic E-state index is 3.59. The molecule has 0 radical (unpaired) electrons. The van der Waals surface area contributed by atoms with Crippen LogP contribution < -0.4 is 10.6 Å². The van der Waals surface area contributed by atoms with Crippen molar-refractivity contribution < 1.29 is 0 Å². The molecule has 2 nitrogen and oxygen atoms in total. The maximum Gasteiger partial charge on any atom is 0.0193 e. The van der Waals surface area contributed by atoms with E-state index in [0.717, 1.165) is 13.1 Å². The number of nitrogens with one attached hydrogen (secondary N) is 2. The standard InChI is InChI=1S/C8H18N2/c1-3-7-5-9-6-8(4-2)10-7/h7-10H,3-6H2,1-2H3. The van der Waals surface area contributed by atoms with Gasteiger partial charge < -0.3 is 10.6 Å². The van der Waals surface area contributed by atoms with Crippen molar-refractivity contribution >= 4 is 0 Å². The number of piperazine rings is 1. The van der Waals surface area contributed by atoms with E-state index in [4.69, 9.17) is 0 Å². The van der Waals surface area contributed by atoms with Crippen molar-refractivity contribution in [3.63, 3.8) is 0 Å². The molecule has 0 amide bonds. The highest BCUT2D eigenvalue weighted by Crippen LogP contribution is 2.00. The Kier molecular flexibility index (Phi) is 3.16. The molecule has 0 aromatic rings. The van der Waals surface area contributed by atoms with Gasteiger partial charge in [0.1, 0.15) is 0 Å². The topological polar surface area (TPSA) is 24.1 Å². The summed E-state index contributed by atoms with van der Waals surface area (Å²) in [6, 6.07) is 1.41. The highest BCUT2D eigenvalue weighted by Gasteiger charge is 2.16. The van der Waals surface area contributed by atoms with Crippen molar-refractivity contribution in [2.24, 2.45) is 0 Å². The van der Waals surface area contributed by atoms with E-state index in [-0.39, 0.29) is 0 Å². The molecule has 1 heterocycles. The van der Waals surface area contributed by atoms with Gasteiger partial charge in [0.05, 0.1) is 0 Å². The average molecular weight is 142 g/mol. The van der Waals surface area contributed by atoms with Crippen molar-refractivity contribution in [1.29, 1.82) is 0 Å². The fraction of sp³-hybridized carbons (Fsp3) is 1.00. The zero-order valence-electron chi connectivity index (χ0n) is 6.98. The van der Waals surface area contributed by atoms with Gasteiger partial charge in [-0.25, -0.2) is 0 Å². The van der Waals surface area contributed by atoms with E-state index < -0.39 is 0 Å². The van der Waals surface area contributed by atoms with Crippen LogP contribution >= 0.6 is 0 Å². The molecule has 0 aromatic heterocycles. The van der Waals surface area contributed by atoms with Crippen molar-refractivity contribution in [3.05, 3.63) is 0 Å². The summed E-state index contributed by atoms with van der Waals surface area (Å²) in [6.07, 6.45) is 2.48. The van der Waals surface area contributed by atoms with Crippen LogP contribution in [-0.2, 0) is 0 Å². The third-order valence-electron chi connectivity index (χ3n) is 2.24. The minimum atomic E-state index is 0.707. The summed E-state index contributed by atoms with van der Waals surface area (Å²) in [5.74, 6) is 0. The summed E-state index contributed by atoms with van der Waals surface area (Å²) >= 11 is 0. The molecule has 0 aliphatic carbocycles. The number of hydrogen-bond donors (Lipinski definition) is 2. The Morgan fingerprint density at radius 2 is 1.60 bits per heavy atom. The van der Waals surface area contributed by atoms with Crippen LogP contribution in [-0.4, -0.2) is 25.2 Å². The summed E-state index contributed by atoms with van der Waals surface area (Å²) in [4.78, 5) is 0.